The van der Waals surface area contributed by atoms with Gasteiger partial charge in [-0.2, -0.15) is 0 Å². The second-order valence-corrected chi connectivity index (χ2v) is 6.94. The highest BCUT2D eigenvalue weighted by Crippen LogP contribution is 2.25. The molecule has 1 aliphatic rings. The summed E-state index contributed by atoms with van der Waals surface area (Å²) in [6.07, 6.45) is 0.858. The van der Waals surface area contributed by atoms with Gasteiger partial charge in [-0.05, 0) is 36.6 Å². The highest BCUT2D eigenvalue weighted by Gasteiger charge is 2.23. The summed E-state index contributed by atoms with van der Waals surface area (Å²) >= 11 is 6.20. The highest BCUT2D eigenvalue weighted by molar-refractivity contribution is 6.33. The van der Waals surface area contributed by atoms with Crippen LogP contribution < -0.4 is 5.32 Å². The number of fused-ring (bicyclic) bond motifs is 1. The van der Waals surface area contributed by atoms with E-state index in [1.54, 1.807) is 19.1 Å². The molecule has 0 spiro atoms. The number of rotatable bonds is 3. The summed E-state index contributed by atoms with van der Waals surface area (Å²) in [6, 6.07) is 17.3. The molecule has 1 aromatic heterocycles. The van der Waals surface area contributed by atoms with E-state index >= 15 is 0 Å². The fraction of sp³-hybridized carbons (Fsp3) is 0.190. The molecule has 27 heavy (non-hydrogen) atoms. The first-order valence-electron chi connectivity index (χ1n) is 8.83. The Bertz CT molecular complexity index is 1000. The fourth-order valence-corrected chi connectivity index (χ4v) is 3.46. The Morgan fingerprint density at radius 1 is 1.07 bits per heavy atom. The summed E-state index contributed by atoms with van der Waals surface area (Å²) in [5, 5.41) is 3.76. The molecule has 0 aliphatic carbocycles. The predicted molar refractivity (Wildman–Crippen MR) is 106 cm³/mol. The van der Waals surface area contributed by atoms with Gasteiger partial charge in [0.05, 0.1) is 10.7 Å². The minimum atomic E-state index is -0.0859. The molecule has 1 amide bonds. The van der Waals surface area contributed by atoms with Gasteiger partial charge in [-0.25, -0.2) is 9.97 Å². The number of carbonyl (C=O) groups is 1. The molecular weight excluding hydrogens is 360 g/mol. The van der Waals surface area contributed by atoms with Crippen LogP contribution >= 0.6 is 11.6 Å². The number of anilines is 2. The van der Waals surface area contributed by atoms with Gasteiger partial charge in [0, 0.05) is 19.2 Å². The van der Waals surface area contributed by atoms with Gasteiger partial charge in [0.1, 0.15) is 17.3 Å². The van der Waals surface area contributed by atoms with Crippen LogP contribution in [-0.2, 0) is 13.0 Å². The lowest BCUT2D eigenvalue weighted by molar-refractivity contribution is 0.0728. The van der Waals surface area contributed by atoms with E-state index in [9.17, 15) is 4.79 Å². The molecule has 1 N–H and O–H groups in total. The average molecular weight is 379 g/mol. The van der Waals surface area contributed by atoms with E-state index in [4.69, 9.17) is 11.6 Å². The van der Waals surface area contributed by atoms with Crippen LogP contribution in [0.3, 0.4) is 0 Å². The molecule has 0 unspecified atom stereocenters. The average Bonchev–Trinajstić information content (AvgIpc) is 2.68. The molecule has 4 rings (SSSR count). The van der Waals surface area contributed by atoms with Gasteiger partial charge in [0.2, 0.25) is 0 Å². The minimum Gasteiger partial charge on any atom is -0.339 e. The Balaban J connectivity index is 1.58. The molecule has 0 fully saturated rings. The maximum absolute atomic E-state index is 13.0. The van der Waals surface area contributed by atoms with Crippen molar-refractivity contribution < 1.29 is 4.79 Å². The molecule has 0 saturated heterocycles. The number of aromatic nitrogens is 2. The molecule has 0 radical (unpaired) electrons. The summed E-state index contributed by atoms with van der Waals surface area (Å²) in [4.78, 5) is 23.6. The second kappa shape index (κ2) is 7.37. The molecule has 0 atom stereocenters. The van der Waals surface area contributed by atoms with Gasteiger partial charge in [0.25, 0.3) is 5.91 Å². The molecule has 1 aliphatic heterocycles. The number of carbonyl (C=O) groups excluding carboxylic acids is 1. The topological polar surface area (TPSA) is 58.1 Å². The van der Waals surface area contributed by atoms with Crippen molar-refractivity contribution in [2.45, 2.75) is 19.9 Å². The van der Waals surface area contributed by atoms with Crippen LogP contribution in [0.5, 0.6) is 0 Å². The molecule has 3 aromatic rings. The number of nitrogens with zero attached hydrogens (tertiary/aromatic N) is 3. The number of halogens is 1. The van der Waals surface area contributed by atoms with Crippen LogP contribution in [0.25, 0.3) is 0 Å². The van der Waals surface area contributed by atoms with E-state index in [0.717, 1.165) is 12.1 Å². The number of amides is 1. The van der Waals surface area contributed by atoms with Crippen LogP contribution in [0.15, 0.2) is 54.6 Å². The monoisotopic (exact) mass is 378 g/mol. The fourth-order valence-electron chi connectivity index (χ4n) is 3.27. The molecule has 0 saturated carbocycles. The number of para-hydroxylation sites is 1. The van der Waals surface area contributed by atoms with Crippen molar-refractivity contribution in [3.63, 3.8) is 0 Å². The van der Waals surface area contributed by atoms with E-state index in [1.165, 1.54) is 11.1 Å². The lowest BCUT2D eigenvalue weighted by atomic mass is 10.00. The van der Waals surface area contributed by atoms with E-state index in [0.29, 0.717) is 35.4 Å². The Morgan fingerprint density at radius 2 is 1.81 bits per heavy atom. The van der Waals surface area contributed by atoms with Crippen molar-refractivity contribution in [2.75, 3.05) is 11.9 Å². The third-order valence-electron chi connectivity index (χ3n) is 4.61. The molecule has 2 heterocycles. The maximum atomic E-state index is 13.0. The number of aryl methyl sites for hydroxylation is 1. The number of nitrogens with one attached hydrogen (secondary N) is 1. The Kier molecular flexibility index (Phi) is 4.77. The molecule has 136 valence electrons. The van der Waals surface area contributed by atoms with Gasteiger partial charge < -0.3 is 10.2 Å². The Morgan fingerprint density at radius 3 is 2.63 bits per heavy atom. The summed E-state index contributed by atoms with van der Waals surface area (Å²) in [6.45, 7) is 3.07. The van der Waals surface area contributed by atoms with Crippen LogP contribution in [0, 0.1) is 6.92 Å². The zero-order chi connectivity index (χ0) is 18.8. The summed E-state index contributed by atoms with van der Waals surface area (Å²) in [5.41, 5.74) is 3.62. The summed E-state index contributed by atoms with van der Waals surface area (Å²) in [5.74, 6) is 1.00. The van der Waals surface area contributed by atoms with Crippen molar-refractivity contribution >= 4 is 29.0 Å². The first kappa shape index (κ1) is 17.5. The van der Waals surface area contributed by atoms with Gasteiger partial charge in [-0.15, -0.1) is 0 Å². The Labute approximate surface area is 163 Å². The van der Waals surface area contributed by atoms with Crippen molar-refractivity contribution in [1.82, 2.24) is 14.9 Å². The standard InChI is InChI=1S/C21H19ClN4O/c1-14-23-19(12-20(24-14)25-18-9-5-4-8-17(18)22)21(27)26-11-10-15-6-2-3-7-16(15)13-26/h2-9,12H,10-11,13H2,1H3,(H,23,24,25). The molecular formula is C21H19ClN4O. The van der Waals surface area contributed by atoms with E-state index in [2.05, 4.69) is 27.4 Å². The van der Waals surface area contributed by atoms with Gasteiger partial charge in [-0.1, -0.05) is 48.0 Å². The third kappa shape index (κ3) is 3.78. The normalized spacial score (nSPS) is 13.2. The predicted octanol–water partition coefficient (Wildman–Crippen LogP) is 4.38. The molecule has 2 aromatic carbocycles. The molecule has 0 bridgehead atoms. The van der Waals surface area contributed by atoms with E-state index < -0.39 is 0 Å². The first-order chi connectivity index (χ1) is 13.1. The summed E-state index contributed by atoms with van der Waals surface area (Å²) < 4.78 is 0. The quantitative estimate of drug-likeness (QED) is 0.734. The SMILES string of the molecule is Cc1nc(Nc2ccccc2Cl)cc(C(=O)N2CCc3ccccc3C2)n1. The second-order valence-electron chi connectivity index (χ2n) is 6.54. The van der Waals surface area contributed by atoms with Crippen molar-refractivity contribution in [1.29, 1.82) is 0 Å². The smallest absolute Gasteiger partial charge is 0.272 e. The lowest BCUT2D eigenvalue weighted by Crippen LogP contribution is -2.36. The Hall–Kier alpha value is -2.92. The first-order valence-corrected chi connectivity index (χ1v) is 9.21. The number of benzene rings is 2. The van der Waals surface area contributed by atoms with Gasteiger partial charge in [0.15, 0.2) is 0 Å². The third-order valence-corrected chi connectivity index (χ3v) is 4.94. The largest absolute Gasteiger partial charge is 0.339 e. The maximum Gasteiger partial charge on any atom is 0.272 e. The van der Waals surface area contributed by atoms with Crippen molar-refractivity contribution in [3.8, 4) is 0 Å². The lowest BCUT2D eigenvalue weighted by Gasteiger charge is -2.28. The molecule has 5 nitrogen and oxygen atoms in total. The highest BCUT2D eigenvalue weighted by atomic mass is 35.5. The van der Waals surface area contributed by atoms with Gasteiger partial charge >= 0.3 is 0 Å². The van der Waals surface area contributed by atoms with Gasteiger partial charge in [-0.3, -0.25) is 4.79 Å². The van der Waals surface area contributed by atoms with E-state index in [-0.39, 0.29) is 5.91 Å². The zero-order valence-electron chi connectivity index (χ0n) is 14.9. The summed E-state index contributed by atoms with van der Waals surface area (Å²) in [7, 11) is 0. The van der Waals surface area contributed by atoms with Crippen molar-refractivity contribution in [2.24, 2.45) is 0 Å². The minimum absolute atomic E-state index is 0.0859. The molecule has 6 heteroatoms. The van der Waals surface area contributed by atoms with E-state index in [1.807, 2.05) is 35.2 Å². The van der Waals surface area contributed by atoms with Crippen molar-refractivity contribution in [3.05, 3.63) is 82.3 Å². The zero-order valence-corrected chi connectivity index (χ0v) is 15.7. The van der Waals surface area contributed by atoms with Crippen LogP contribution in [0.4, 0.5) is 11.5 Å². The number of hydrogen-bond acceptors (Lipinski definition) is 4. The van der Waals surface area contributed by atoms with Crippen LogP contribution in [0.2, 0.25) is 5.02 Å². The van der Waals surface area contributed by atoms with Crippen LogP contribution in [0.1, 0.15) is 27.4 Å². The number of hydrogen-bond donors (Lipinski definition) is 1. The van der Waals surface area contributed by atoms with Crippen LogP contribution in [-0.4, -0.2) is 27.3 Å².